The van der Waals surface area contributed by atoms with Crippen LogP contribution in [-0.2, 0) is 20.7 Å². The second-order valence-corrected chi connectivity index (χ2v) is 12.1. The molecule has 232 valence electrons. The summed E-state index contributed by atoms with van der Waals surface area (Å²) in [5.41, 5.74) is 0.705. The lowest BCUT2D eigenvalue weighted by molar-refractivity contribution is -0.147. The number of nitrogens with one attached hydrogen (secondary N) is 2. The number of rotatable bonds is 11. The Morgan fingerprint density at radius 3 is 2.09 bits per heavy atom. The molecular weight excluding hydrogens is 554 g/mol. The van der Waals surface area contributed by atoms with Crippen molar-refractivity contribution in [1.82, 2.24) is 10.2 Å². The van der Waals surface area contributed by atoms with Gasteiger partial charge in [0.1, 0.15) is 23.4 Å². The number of benzene rings is 3. The molecule has 0 heterocycles. The number of amides is 3. The maximum atomic E-state index is 14.8. The monoisotopic (exact) mass is 597 g/mol. The zero-order valence-corrected chi connectivity index (χ0v) is 26.6. The minimum Gasteiger partial charge on any atom is -0.497 e. The van der Waals surface area contributed by atoms with E-state index in [0.717, 1.165) is 5.56 Å². The molecule has 44 heavy (non-hydrogen) atoms. The van der Waals surface area contributed by atoms with Gasteiger partial charge in [-0.05, 0) is 82.5 Å². The van der Waals surface area contributed by atoms with Gasteiger partial charge in [0, 0.05) is 23.2 Å². The summed E-state index contributed by atoms with van der Waals surface area (Å²) in [5.74, 6) is 2.41. The normalized spacial score (nSPS) is 12.7. The van der Waals surface area contributed by atoms with Crippen molar-refractivity contribution in [3.05, 3.63) is 95.6 Å². The number of ether oxygens (including phenoxy) is 2. The van der Waals surface area contributed by atoms with Crippen LogP contribution in [0.25, 0.3) is 0 Å². The van der Waals surface area contributed by atoms with Crippen LogP contribution < -0.4 is 15.4 Å². The van der Waals surface area contributed by atoms with Crippen LogP contribution in [0, 0.1) is 12.3 Å². The Morgan fingerprint density at radius 2 is 1.52 bits per heavy atom. The first-order valence-electron chi connectivity index (χ1n) is 14.7. The molecule has 8 heteroatoms. The fourth-order valence-corrected chi connectivity index (χ4v) is 4.76. The van der Waals surface area contributed by atoms with Gasteiger partial charge in [-0.3, -0.25) is 9.59 Å². The number of hydrogen-bond acceptors (Lipinski definition) is 5. The summed E-state index contributed by atoms with van der Waals surface area (Å²) >= 11 is 0. The molecule has 2 N–H and O–H groups in total. The van der Waals surface area contributed by atoms with E-state index in [4.69, 9.17) is 15.9 Å². The Balaban J connectivity index is 2.17. The molecular formula is C36H43N3O5. The van der Waals surface area contributed by atoms with Gasteiger partial charge < -0.3 is 25.0 Å². The van der Waals surface area contributed by atoms with Gasteiger partial charge in [0.25, 0.3) is 5.91 Å². The van der Waals surface area contributed by atoms with Crippen molar-refractivity contribution >= 4 is 23.6 Å². The standard InChI is InChI=1S/C36H43N3O5/c1-9-26-18-14-15-19-29(26)31(32(40)37-27-20-22-28(43-8)23-21-27)39(36(6,7)10-2)33(41)30(24-25-16-12-11-13-17-25)38-34(42)44-35(3,4)5/h1,11-23,30-31H,10,24H2,2-8H3,(H,37,40)(H,38,42). The highest BCUT2D eigenvalue weighted by Crippen LogP contribution is 2.35. The van der Waals surface area contributed by atoms with Crippen LogP contribution >= 0.6 is 0 Å². The molecule has 2 unspecified atom stereocenters. The minimum atomic E-state index is -1.13. The molecule has 8 nitrogen and oxygen atoms in total. The Kier molecular flexibility index (Phi) is 11.2. The third-order valence-electron chi connectivity index (χ3n) is 7.30. The van der Waals surface area contributed by atoms with Crippen molar-refractivity contribution in [3.8, 4) is 18.1 Å². The first kappa shape index (κ1) is 33.7. The summed E-state index contributed by atoms with van der Waals surface area (Å²) < 4.78 is 10.8. The highest BCUT2D eigenvalue weighted by molar-refractivity contribution is 5.99. The van der Waals surface area contributed by atoms with E-state index in [2.05, 4.69) is 16.6 Å². The molecule has 0 saturated heterocycles. The minimum absolute atomic E-state index is 0.179. The fourth-order valence-electron chi connectivity index (χ4n) is 4.76. The smallest absolute Gasteiger partial charge is 0.408 e. The molecule has 0 saturated carbocycles. The van der Waals surface area contributed by atoms with Gasteiger partial charge in [-0.25, -0.2) is 4.79 Å². The van der Waals surface area contributed by atoms with Crippen LogP contribution in [0.15, 0.2) is 78.9 Å². The van der Waals surface area contributed by atoms with Gasteiger partial charge in [0.15, 0.2) is 0 Å². The highest BCUT2D eigenvalue weighted by atomic mass is 16.6. The Bertz CT molecular complexity index is 1470. The van der Waals surface area contributed by atoms with Crippen LogP contribution in [0.4, 0.5) is 10.5 Å². The van der Waals surface area contributed by atoms with Crippen molar-refractivity contribution in [2.45, 2.75) is 77.6 Å². The number of methoxy groups -OCH3 is 1. The van der Waals surface area contributed by atoms with E-state index in [1.54, 1.807) is 81.3 Å². The topological polar surface area (TPSA) is 97.0 Å². The third-order valence-corrected chi connectivity index (χ3v) is 7.30. The molecule has 0 fully saturated rings. The van der Waals surface area contributed by atoms with E-state index in [9.17, 15) is 14.4 Å². The predicted molar refractivity (Wildman–Crippen MR) is 173 cm³/mol. The van der Waals surface area contributed by atoms with E-state index in [1.165, 1.54) is 0 Å². The lowest BCUT2D eigenvalue weighted by Crippen LogP contribution is -2.59. The summed E-state index contributed by atoms with van der Waals surface area (Å²) in [6.07, 6.45) is 5.86. The Hall–Kier alpha value is -4.77. The van der Waals surface area contributed by atoms with E-state index in [0.29, 0.717) is 29.0 Å². The Labute approximate surface area is 261 Å². The fraction of sp³-hybridized carbons (Fsp3) is 0.361. The van der Waals surface area contributed by atoms with Crippen molar-refractivity contribution < 1.29 is 23.9 Å². The zero-order chi connectivity index (χ0) is 32.5. The third kappa shape index (κ3) is 8.87. The van der Waals surface area contributed by atoms with E-state index in [1.807, 2.05) is 51.1 Å². The van der Waals surface area contributed by atoms with Crippen molar-refractivity contribution in [2.24, 2.45) is 0 Å². The Morgan fingerprint density at radius 1 is 0.909 bits per heavy atom. The maximum Gasteiger partial charge on any atom is 0.408 e. The average Bonchev–Trinajstić information content (AvgIpc) is 2.99. The molecule has 0 bridgehead atoms. The molecule has 3 aromatic carbocycles. The van der Waals surface area contributed by atoms with Gasteiger partial charge in [-0.2, -0.15) is 0 Å². The lowest BCUT2D eigenvalue weighted by atomic mass is 9.89. The largest absolute Gasteiger partial charge is 0.497 e. The summed E-state index contributed by atoms with van der Waals surface area (Å²) in [6.45, 7) is 11.0. The van der Waals surface area contributed by atoms with Gasteiger partial charge in [-0.15, -0.1) is 6.42 Å². The zero-order valence-electron chi connectivity index (χ0n) is 26.6. The van der Waals surface area contributed by atoms with Gasteiger partial charge in [-0.1, -0.05) is 61.4 Å². The molecule has 0 aliphatic heterocycles. The molecule has 0 aliphatic rings. The molecule has 2 atom stereocenters. The molecule has 3 rings (SSSR count). The van der Waals surface area contributed by atoms with Crippen molar-refractivity contribution in [3.63, 3.8) is 0 Å². The predicted octanol–water partition coefficient (Wildman–Crippen LogP) is 6.51. The first-order chi connectivity index (χ1) is 20.8. The molecule has 0 spiro atoms. The summed E-state index contributed by atoms with van der Waals surface area (Å²) in [7, 11) is 1.56. The van der Waals surface area contributed by atoms with Gasteiger partial charge in [0.05, 0.1) is 7.11 Å². The lowest BCUT2D eigenvalue weighted by Gasteiger charge is -2.45. The molecule has 0 radical (unpaired) electrons. The summed E-state index contributed by atoms with van der Waals surface area (Å²) in [4.78, 5) is 43.7. The number of carbonyl (C=O) groups excluding carboxylic acids is 3. The van der Waals surface area contributed by atoms with Crippen LogP contribution in [0.2, 0.25) is 0 Å². The number of anilines is 1. The van der Waals surface area contributed by atoms with Gasteiger partial charge >= 0.3 is 6.09 Å². The quantitative estimate of drug-likeness (QED) is 0.246. The first-order valence-corrected chi connectivity index (χ1v) is 14.7. The SMILES string of the molecule is C#Cc1ccccc1C(C(=O)Nc1ccc(OC)cc1)N(C(=O)C(Cc1ccccc1)NC(=O)OC(C)(C)C)C(C)(C)CC. The second-order valence-electron chi connectivity index (χ2n) is 12.1. The number of hydrogen-bond donors (Lipinski definition) is 2. The number of alkyl carbamates (subject to hydrolysis) is 1. The molecule has 3 aromatic rings. The number of nitrogens with zero attached hydrogens (tertiary/aromatic N) is 1. The van der Waals surface area contributed by atoms with Crippen LogP contribution in [-0.4, -0.2) is 47.1 Å². The second kappa shape index (κ2) is 14.6. The van der Waals surface area contributed by atoms with Crippen molar-refractivity contribution in [2.75, 3.05) is 12.4 Å². The van der Waals surface area contributed by atoms with Crippen LogP contribution in [0.1, 0.15) is 70.7 Å². The van der Waals surface area contributed by atoms with Crippen molar-refractivity contribution in [1.29, 1.82) is 0 Å². The molecule has 0 aromatic heterocycles. The van der Waals surface area contributed by atoms with Crippen LogP contribution in [0.3, 0.4) is 0 Å². The molecule has 3 amide bonds. The van der Waals surface area contributed by atoms with Gasteiger partial charge in [0.2, 0.25) is 5.91 Å². The highest BCUT2D eigenvalue weighted by Gasteiger charge is 2.43. The van der Waals surface area contributed by atoms with E-state index < -0.39 is 41.1 Å². The summed E-state index contributed by atoms with van der Waals surface area (Å²) in [6, 6.07) is 21.2. The molecule has 0 aliphatic carbocycles. The van der Waals surface area contributed by atoms with E-state index in [-0.39, 0.29) is 6.42 Å². The number of terminal acetylenes is 1. The average molecular weight is 598 g/mol. The summed E-state index contributed by atoms with van der Waals surface area (Å²) in [5, 5.41) is 5.76. The maximum absolute atomic E-state index is 14.8. The number of carbonyl (C=O) groups is 3. The van der Waals surface area contributed by atoms with Crippen LogP contribution in [0.5, 0.6) is 5.75 Å². The van der Waals surface area contributed by atoms with E-state index >= 15 is 0 Å².